The van der Waals surface area contributed by atoms with Crippen molar-refractivity contribution in [3.05, 3.63) is 76.2 Å². The van der Waals surface area contributed by atoms with Gasteiger partial charge in [-0.05, 0) is 68.3 Å². The van der Waals surface area contributed by atoms with Crippen LogP contribution in [0.2, 0.25) is 5.02 Å². The summed E-state index contributed by atoms with van der Waals surface area (Å²) in [6.07, 6.45) is -1.99. The first-order valence-electron chi connectivity index (χ1n) is 12.7. The summed E-state index contributed by atoms with van der Waals surface area (Å²) < 4.78 is 85.6. The van der Waals surface area contributed by atoms with Gasteiger partial charge in [0.1, 0.15) is 23.1 Å². The van der Waals surface area contributed by atoms with Crippen LogP contribution in [0.3, 0.4) is 0 Å². The molecule has 1 fully saturated rings. The molecule has 1 amide bonds. The number of amides is 1. The molecule has 0 saturated carbocycles. The van der Waals surface area contributed by atoms with E-state index < -0.39 is 45.1 Å². The van der Waals surface area contributed by atoms with Gasteiger partial charge in [-0.15, -0.1) is 0 Å². The quantitative estimate of drug-likeness (QED) is 0.225. The smallest absolute Gasteiger partial charge is 0.417 e. The number of anilines is 2. The van der Waals surface area contributed by atoms with Crippen molar-refractivity contribution in [3.8, 4) is 11.5 Å². The fraction of sp³-hybridized carbons (Fsp3) is 0.333. The highest BCUT2D eigenvalue weighted by Crippen LogP contribution is 2.40. The average Bonchev–Trinajstić information content (AvgIpc) is 3.33. The van der Waals surface area contributed by atoms with Crippen molar-refractivity contribution in [2.45, 2.75) is 38.9 Å². The van der Waals surface area contributed by atoms with Gasteiger partial charge in [0, 0.05) is 31.0 Å². The second-order valence-electron chi connectivity index (χ2n) is 9.52. The zero-order valence-corrected chi connectivity index (χ0v) is 23.7. The summed E-state index contributed by atoms with van der Waals surface area (Å²) >= 11 is 5.90. The zero-order valence-electron chi connectivity index (χ0n) is 22.0. The number of aromatic nitrogens is 1. The van der Waals surface area contributed by atoms with Crippen molar-refractivity contribution in [1.82, 2.24) is 9.88 Å². The van der Waals surface area contributed by atoms with Crippen molar-refractivity contribution in [1.29, 1.82) is 0 Å². The number of likely N-dealkylation sites (tertiary alicyclic amines) is 1. The fourth-order valence-electron chi connectivity index (χ4n) is 4.63. The first kappa shape index (κ1) is 30.5. The molecule has 1 atom stereocenters. The topological polar surface area (TPSA) is 91.8 Å². The number of thiol groups is 1. The van der Waals surface area contributed by atoms with E-state index in [1.807, 2.05) is 6.92 Å². The van der Waals surface area contributed by atoms with Gasteiger partial charge in [-0.25, -0.2) is 17.8 Å². The molecule has 1 aliphatic rings. The maximum Gasteiger partial charge on any atom is 0.417 e. The Morgan fingerprint density at radius 3 is 2.61 bits per heavy atom. The maximum absolute atomic E-state index is 13.6. The zero-order chi connectivity index (χ0) is 29.9. The van der Waals surface area contributed by atoms with E-state index in [2.05, 4.69) is 15.2 Å². The number of halogens is 5. The van der Waals surface area contributed by atoms with E-state index in [9.17, 15) is 30.8 Å². The van der Waals surface area contributed by atoms with Crippen LogP contribution < -0.4 is 14.4 Å². The predicted octanol–water partition coefficient (Wildman–Crippen LogP) is 6.06. The summed E-state index contributed by atoms with van der Waals surface area (Å²) in [5.74, 6) is -1.79. The standard InChI is InChI=1S/C27H27ClF4N4O4S/c1-3-9-35-10-7-19(15-35)36(41(38)39)25-12-18(6-8-33-25)34-26(37)20-13-22(28)21(27(30,31)32)14-24(20)40-23-5-4-17(29)11-16(23)2/h4-6,8,11-14,19,41H,3,7,9-10,15H2,1-2H3,(H,33,34,37)/t19-/m0/s1. The highest BCUT2D eigenvalue weighted by Gasteiger charge is 2.35. The first-order valence-corrected chi connectivity index (χ1v) is 14.2. The molecule has 0 unspecified atom stereocenters. The molecule has 0 spiro atoms. The van der Waals surface area contributed by atoms with Gasteiger partial charge in [-0.1, -0.05) is 18.5 Å². The van der Waals surface area contributed by atoms with Crippen LogP contribution in [0.1, 0.15) is 41.3 Å². The lowest BCUT2D eigenvalue weighted by Gasteiger charge is -2.24. The molecule has 220 valence electrons. The van der Waals surface area contributed by atoms with Crippen molar-refractivity contribution >= 4 is 39.9 Å². The Hall–Kier alpha value is -3.42. The van der Waals surface area contributed by atoms with Crippen molar-refractivity contribution in [2.75, 3.05) is 29.3 Å². The predicted molar refractivity (Wildman–Crippen MR) is 148 cm³/mol. The Morgan fingerprint density at radius 2 is 1.95 bits per heavy atom. The molecule has 14 heteroatoms. The molecule has 41 heavy (non-hydrogen) atoms. The Labute approximate surface area is 241 Å². The van der Waals surface area contributed by atoms with Gasteiger partial charge in [-0.2, -0.15) is 13.2 Å². The maximum atomic E-state index is 13.6. The third-order valence-electron chi connectivity index (χ3n) is 6.52. The van der Waals surface area contributed by atoms with E-state index >= 15 is 0 Å². The van der Waals surface area contributed by atoms with E-state index in [0.717, 1.165) is 37.7 Å². The van der Waals surface area contributed by atoms with Gasteiger partial charge in [-0.3, -0.25) is 9.10 Å². The van der Waals surface area contributed by atoms with Gasteiger partial charge in [0.25, 0.3) is 5.91 Å². The number of benzene rings is 2. The molecule has 1 aromatic heterocycles. The third kappa shape index (κ3) is 7.27. The molecule has 0 radical (unpaired) electrons. The minimum atomic E-state index is -4.84. The van der Waals surface area contributed by atoms with E-state index in [1.54, 1.807) is 0 Å². The SMILES string of the molecule is CCCN1CC[C@H](N(c2cc(NC(=O)c3cc(Cl)c(C(F)(F)F)cc3Oc3ccc(F)cc3C)ccn2)[SH](=O)=O)C1. The molecule has 1 N–H and O–H groups in total. The lowest BCUT2D eigenvalue weighted by molar-refractivity contribution is -0.137. The fourth-order valence-corrected chi connectivity index (χ4v) is 5.64. The van der Waals surface area contributed by atoms with Crippen LogP contribution >= 0.6 is 11.6 Å². The highest BCUT2D eigenvalue weighted by molar-refractivity contribution is 7.74. The van der Waals surface area contributed by atoms with Crippen molar-refractivity contribution in [3.63, 3.8) is 0 Å². The second kappa shape index (κ2) is 12.6. The van der Waals surface area contributed by atoms with Crippen molar-refractivity contribution < 1.29 is 35.5 Å². The average molecular weight is 615 g/mol. The van der Waals surface area contributed by atoms with Gasteiger partial charge in [0.2, 0.25) is 10.9 Å². The van der Waals surface area contributed by atoms with Crippen LogP contribution in [0.4, 0.5) is 29.1 Å². The summed E-state index contributed by atoms with van der Waals surface area (Å²) in [6.45, 7) is 5.63. The van der Waals surface area contributed by atoms with E-state index in [0.29, 0.717) is 19.0 Å². The molecular formula is C27H27ClF4N4O4S. The molecule has 8 nitrogen and oxygen atoms in total. The number of aryl methyl sites for hydroxylation is 1. The Morgan fingerprint density at radius 1 is 1.20 bits per heavy atom. The molecule has 1 saturated heterocycles. The number of alkyl halides is 3. The number of hydrogen-bond acceptors (Lipinski definition) is 6. The molecule has 0 aliphatic carbocycles. The lowest BCUT2D eigenvalue weighted by Crippen LogP contribution is -2.37. The van der Waals surface area contributed by atoms with Crippen LogP contribution in [-0.4, -0.2) is 49.9 Å². The first-order chi connectivity index (χ1) is 19.4. The molecule has 4 rings (SSSR count). The lowest BCUT2D eigenvalue weighted by atomic mass is 10.1. The molecular weight excluding hydrogens is 588 g/mol. The van der Waals surface area contributed by atoms with Gasteiger partial charge >= 0.3 is 6.18 Å². The summed E-state index contributed by atoms with van der Waals surface area (Å²) in [5.41, 5.74) is -1.12. The number of pyridine rings is 1. The number of carbonyl (C=O) groups is 1. The van der Waals surface area contributed by atoms with Gasteiger partial charge in [0.15, 0.2) is 0 Å². The van der Waals surface area contributed by atoms with E-state index in [1.165, 1.54) is 35.6 Å². The Balaban J connectivity index is 1.65. The van der Waals surface area contributed by atoms with Crippen LogP contribution in [0, 0.1) is 12.7 Å². The minimum Gasteiger partial charge on any atom is -0.456 e. The number of rotatable bonds is 9. The van der Waals surface area contributed by atoms with Crippen LogP contribution in [0.5, 0.6) is 11.5 Å². The molecule has 2 aromatic carbocycles. The van der Waals surface area contributed by atoms with Gasteiger partial charge < -0.3 is 15.0 Å². The summed E-state index contributed by atoms with van der Waals surface area (Å²) in [4.78, 5) is 19.6. The number of hydrogen-bond donors (Lipinski definition) is 2. The van der Waals surface area contributed by atoms with Crippen molar-refractivity contribution in [2.24, 2.45) is 0 Å². The molecule has 2 heterocycles. The summed E-state index contributed by atoms with van der Waals surface area (Å²) in [7, 11) is -3.05. The monoisotopic (exact) mass is 614 g/mol. The Bertz CT molecular complexity index is 1510. The largest absolute Gasteiger partial charge is 0.456 e. The second-order valence-corrected chi connectivity index (χ2v) is 10.8. The normalized spacial score (nSPS) is 15.8. The third-order valence-corrected chi connectivity index (χ3v) is 7.72. The van der Waals surface area contributed by atoms with E-state index in [4.69, 9.17) is 16.3 Å². The molecule has 1 aliphatic heterocycles. The number of carbonyl (C=O) groups excluding carboxylic acids is 1. The highest BCUT2D eigenvalue weighted by atomic mass is 35.5. The minimum absolute atomic E-state index is 0.0330. The van der Waals surface area contributed by atoms with E-state index in [-0.39, 0.29) is 34.4 Å². The summed E-state index contributed by atoms with van der Waals surface area (Å²) in [5, 5.41) is 1.83. The van der Waals surface area contributed by atoms with Crippen LogP contribution in [0.25, 0.3) is 0 Å². The Kier molecular flexibility index (Phi) is 9.40. The summed E-state index contributed by atoms with van der Waals surface area (Å²) in [6, 6.07) is 7.29. The van der Waals surface area contributed by atoms with Crippen LogP contribution in [0.15, 0.2) is 48.7 Å². The molecule has 3 aromatic rings. The number of ether oxygens (including phenoxy) is 1. The number of nitrogens with zero attached hydrogens (tertiary/aromatic N) is 3. The number of nitrogens with one attached hydrogen (secondary N) is 1. The van der Waals surface area contributed by atoms with Gasteiger partial charge in [0.05, 0.1) is 22.2 Å². The molecule has 0 bridgehead atoms. The van der Waals surface area contributed by atoms with Crippen LogP contribution in [-0.2, 0) is 17.1 Å².